The van der Waals surface area contributed by atoms with Gasteiger partial charge in [-0.1, -0.05) is 60.7 Å². The second-order valence-corrected chi connectivity index (χ2v) is 5.56. The number of pyridine rings is 1. The van der Waals surface area contributed by atoms with Crippen LogP contribution in [-0.2, 0) is 6.42 Å². The molecule has 0 spiro atoms. The van der Waals surface area contributed by atoms with Crippen molar-refractivity contribution >= 4 is 0 Å². The summed E-state index contributed by atoms with van der Waals surface area (Å²) >= 11 is 0. The van der Waals surface area contributed by atoms with E-state index in [9.17, 15) is 0 Å². The summed E-state index contributed by atoms with van der Waals surface area (Å²) in [6.07, 6.45) is 4.62. The van der Waals surface area contributed by atoms with Gasteiger partial charge in [0.2, 0.25) is 0 Å². The van der Waals surface area contributed by atoms with Gasteiger partial charge < -0.3 is 4.84 Å². The lowest BCUT2D eigenvalue weighted by Crippen LogP contribution is -2.14. The van der Waals surface area contributed by atoms with Crippen LogP contribution in [0.2, 0.25) is 0 Å². The fourth-order valence-electron chi connectivity index (χ4n) is 2.60. The van der Waals surface area contributed by atoms with E-state index in [4.69, 9.17) is 4.84 Å². The van der Waals surface area contributed by atoms with Gasteiger partial charge in [0, 0.05) is 18.2 Å². The molecule has 0 aliphatic carbocycles. The Kier molecular flexibility index (Phi) is 3.94. The van der Waals surface area contributed by atoms with Crippen LogP contribution in [0.15, 0.2) is 79.1 Å². The molecule has 0 radical (unpaired) electrons. The smallest absolute Gasteiger partial charge is 0.160 e. The van der Waals surface area contributed by atoms with Crippen molar-refractivity contribution in [2.24, 2.45) is 0 Å². The minimum absolute atomic E-state index is 0.611. The third-order valence-corrected chi connectivity index (χ3v) is 3.85. The third kappa shape index (κ3) is 3.13. The second kappa shape index (κ2) is 6.54. The average Bonchev–Trinajstić information content (AvgIpc) is 3.07. The predicted molar refractivity (Wildman–Crippen MR) is 93.7 cm³/mol. The van der Waals surface area contributed by atoms with Gasteiger partial charge in [-0.3, -0.25) is 0 Å². The summed E-state index contributed by atoms with van der Waals surface area (Å²) < 4.78 is 1.70. The summed E-state index contributed by atoms with van der Waals surface area (Å²) in [7, 11) is 0. The minimum atomic E-state index is 0.611. The highest BCUT2D eigenvalue weighted by molar-refractivity contribution is 5.65. The van der Waals surface area contributed by atoms with Gasteiger partial charge in [0.05, 0.1) is 11.9 Å². The summed E-state index contributed by atoms with van der Waals surface area (Å²) in [5, 5.41) is 0. The van der Waals surface area contributed by atoms with Gasteiger partial charge in [0.15, 0.2) is 5.82 Å². The number of imidazole rings is 1. The highest BCUT2D eigenvalue weighted by atomic mass is 16.7. The normalized spacial score (nSPS) is 10.8. The van der Waals surface area contributed by atoms with Crippen LogP contribution in [0.25, 0.3) is 22.8 Å². The first-order valence-electron chi connectivity index (χ1n) is 7.97. The van der Waals surface area contributed by atoms with Crippen molar-refractivity contribution in [2.45, 2.75) is 6.42 Å². The molecule has 2 aliphatic heterocycles. The number of nitrogens with zero attached hydrogens (tertiary/aromatic N) is 3. The number of hydrogen-bond acceptors (Lipinski definition) is 3. The topological polar surface area (TPSA) is 39.9 Å². The molecule has 4 heteroatoms. The lowest BCUT2D eigenvalue weighted by molar-refractivity contribution is 0.111. The van der Waals surface area contributed by atoms with E-state index >= 15 is 0 Å². The van der Waals surface area contributed by atoms with Gasteiger partial charge in [-0.25, -0.2) is 9.97 Å². The van der Waals surface area contributed by atoms with Crippen LogP contribution >= 0.6 is 0 Å². The third-order valence-electron chi connectivity index (χ3n) is 3.85. The molecule has 118 valence electrons. The fourth-order valence-corrected chi connectivity index (χ4v) is 2.60. The zero-order valence-electron chi connectivity index (χ0n) is 13.2. The summed E-state index contributed by atoms with van der Waals surface area (Å²) in [6.45, 7) is 0.611. The monoisotopic (exact) mass is 315 g/mol. The Hall–Kier alpha value is -3.14. The van der Waals surface area contributed by atoms with E-state index in [2.05, 4.69) is 22.1 Å². The Balaban J connectivity index is 1.48. The molecule has 2 aromatic rings. The molecule has 0 bridgehead atoms. The molecule has 24 heavy (non-hydrogen) atoms. The Morgan fingerprint density at radius 2 is 1.50 bits per heavy atom. The van der Waals surface area contributed by atoms with Crippen molar-refractivity contribution in [3.63, 3.8) is 0 Å². The van der Waals surface area contributed by atoms with Gasteiger partial charge >= 0.3 is 0 Å². The molecule has 2 aliphatic rings. The van der Waals surface area contributed by atoms with Gasteiger partial charge in [0.1, 0.15) is 12.3 Å². The Labute approximate surface area is 140 Å². The Morgan fingerprint density at radius 1 is 0.792 bits per heavy atom. The molecule has 0 N–H and O–H groups in total. The van der Waals surface area contributed by atoms with E-state index in [0.29, 0.717) is 6.61 Å². The van der Waals surface area contributed by atoms with Crippen molar-refractivity contribution in [2.75, 3.05) is 6.61 Å². The SMILES string of the molecule is c1ccc(CCOn2ccc3nc(-c4ccccc4)nc-3c2)cc1. The van der Waals surface area contributed by atoms with E-state index in [1.807, 2.05) is 67.0 Å². The Bertz CT molecular complexity index is 887. The summed E-state index contributed by atoms with van der Waals surface area (Å²) in [5.74, 6) is 0.743. The zero-order chi connectivity index (χ0) is 16.2. The molecule has 0 aromatic heterocycles. The Morgan fingerprint density at radius 3 is 2.29 bits per heavy atom. The van der Waals surface area contributed by atoms with Crippen molar-refractivity contribution in [3.8, 4) is 22.8 Å². The van der Waals surface area contributed by atoms with E-state index < -0.39 is 0 Å². The zero-order valence-corrected chi connectivity index (χ0v) is 13.2. The van der Waals surface area contributed by atoms with Crippen LogP contribution < -0.4 is 4.84 Å². The lowest BCUT2D eigenvalue weighted by atomic mass is 10.2. The number of aromatic nitrogens is 3. The maximum absolute atomic E-state index is 5.78. The molecule has 4 nitrogen and oxygen atoms in total. The summed E-state index contributed by atoms with van der Waals surface area (Å²) in [4.78, 5) is 15.0. The molecule has 4 rings (SSSR count). The predicted octanol–water partition coefficient (Wildman–Crippen LogP) is 3.72. The van der Waals surface area contributed by atoms with Crippen LogP contribution in [0.3, 0.4) is 0 Å². The van der Waals surface area contributed by atoms with Gasteiger partial charge in [-0.05, 0) is 11.6 Å². The van der Waals surface area contributed by atoms with Crippen LogP contribution in [0.4, 0.5) is 0 Å². The number of hydrogen-bond donors (Lipinski definition) is 0. The molecule has 0 saturated carbocycles. The molecular weight excluding hydrogens is 298 g/mol. The summed E-state index contributed by atoms with van der Waals surface area (Å²) in [5.41, 5.74) is 3.98. The molecule has 0 atom stereocenters. The molecule has 2 heterocycles. The van der Waals surface area contributed by atoms with Crippen molar-refractivity contribution < 1.29 is 4.84 Å². The van der Waals surface area contributed by atoms with E-state index in [-0.39, 0.29) is 0 Å². The number of fused-ring (bicyclic) bond motifs is 1. The van der Waals surface area contributed by atoms with Gasteiger partial charge in [-0.15, -0.1) is 0 Å². The van der Waals surface area contributed by atoms with E-state index in [1.54, 1.807) is 4.73 Å². The minimum Gasteiger partial charge on any atom is -0.414 e. The molecule has 0 amide bonds. The van der Waals surface area contributed by atoms with Crippen molar-refractivity contribution in [1.82, 2.24) is 14.7 Å². The van der Waals surface area contributed by atoms with Gasteiger partial charge in [-0.2, -0.15) is 4.73 Å². The fraction of sp³-hybridized carbons (Fsp3) is 0.100. The first kappa shape index (κ1) is 14.5. The number of rotatable bonds is 5. The van der Waals surface area contributed by atoms with Crippen LogP contribution in [-0.4, -0.2) is 21.3 Å². The maximum Gasteiger partial charge on any atom is 0.160 e. The molecule has 2 aromatic carbocycles. The second-order valence-electron chi connectivity index (χ2n) is 5.56. The van der Waals surface area contributed by atoms with Crippen LogP contribution in [0, 0.1) is 0 Å². The first-order chi connectivity index (χ1) is 11.9. The van der Waals surface area contributed by atoms with Crippen molar-refractivity contribution in [3.05, 3.63) is 84.7 Å². The van der Waals surface area contributed by atoms with E-state index in [0.717, 1.165) is 29.2 Å². The molecule has 0 fully saturated rings. The van der Waals surface area contributed by atoms with Crippen molar-refractivity contribution in [1.29, 1.82) is 0 Å². The van der Waals surface area contributed by atoms with E-state index in [1.165, 1.54) is 5.56 Å². The molecule has 0 unspecified atom stereocenters. The lowest BCUT2D eigenvalue weighted by Gasteiger charge is -2.10. The summed E-state index contributed by atoms with van der Waals surface area (Å²) in [6, 6.07) is 22.2. The highest BCUT2D eigenvalue weighted by Gasteiger charge is 2.12. The highest BCUT2D eigenvalue weighted by Crippen LogP contribution is 2.23. The maximum atomic E-state index is 5.78. The van der Waals surface area contributed by atoms with Gasteiger partial charge in [0.25, 0.3) is 0 Å². The molecule has 0 saturated heterocycles. The van der Waals surface area contributed by atoms with Crippen LogP contribution in [0.1, 0.15) is 5.56 Å². The largest absolute Gasteiger partial charge is 0.414 e. The molecular formula is C20H17N3O. The van der Waals surface area contributed by atoms with Crippen LogP contribution in [0.5, 0.6) is 0 Å². The first-order valence-corrected chi connectivity index (χ1v) is 7.97. The number of benzene rings is 2. The quantitative estimate of drug-likeness (QED) is 0.563. The average molecular weight is 315 g/mol. The standard InChI is InChI=1S/C20H17N3O/c1-3-7-16(8-4-1)12-14-24-23-13-11-18-19(15-23)22-20(21-18)17-9-5-2-6-10-17/h1-11,13,15H,12,14H2.